The van der Waals surface area contributed by atoms with E-state index >= 15 is 0 Å². The van der Waals surface area contributed by atoms with Crippen LogP contribution in [0, 0.1) is 13.8 Å². The quantitative estimate of drug-likeness (QED) is 0.504. The number of rotatable bonds is 8. The number of hydrogen-bond donors (Lipinski definition) is 0. The molecule has 28 heavy (non-hydrogen) atoms. The minimum absolute atomic E-state index is 0.121. The highest BCUT2D eigenvalue weighted by Gasteiger charge is 2.18. The third-order valence-electron chi connectivity index (χ3n) is 5.32. The van der Waals surface area contributed by atoms with Crippen molar-refractivity contribution in [3.05, 3.63) is 94.8 Å². The summed E-state index contributed by atoms with van der Waals surface area (Å²) in [4.78, 5) is 15.2. The highest BCUT2D eigenvalue weighted by molar-refractivity contribution is 5.95. The molecule has 0 atom stereocenters. The maximum absolute atomic E-state index is 13.2. The van der Waals surface area contributed by atoms with Crippen molar-refractivity contribution in [2.24, 2.45) is 0 Å². The van der Waals surface area contributed by atoms with E-state index in [0.29, 0.717) is 6.54 Å². The Labute approximate surface area is 168 Å². The lowest BCUT2D eigenvalue weighted by atomic mass is 10.1. The highest BCUT2D eigenvalue weighted by atomic mass is 16.2. The first-order valence-electron chi connectivity index (χ1n) is 10.1. The number of unbranched alkanes of at least 4 members (excludes halogenated alkanes) is 1. The number of hydrogen-bond acceptors (Lipinski definition) is 1. The maximum Gasteiger partial charge on any atom is 0.254 e. The molecule has 0 N–H and O–H groups in total. The Morgan fingerprint density at radius 1 is 0.929 bits per heavy atom. The maximum atomic E-state index is 13.2. The van der Waals surface area contributed by atoms with Crippen LogP contribution < -0.4 is 0 Å². The summed E-state index contributed by atoms with van der Waals surface area (Å²) in [6, 6.07) is 20.5. The van der Waals surface area contributed by atoms with Gasteiger partial charge >= 0.3 is 0 Å². The number of benzene rings is 2. The second-order valence-corrected chi connectivity index (χ2v) is 7.45. The van der Waals surface area contributed by atoms with Crippen LogP contribution in [-0.2, 0) is 13.1 Å². The fraction of sp³-hybridized carbons (Fsp3) is 0.320. The molecule has 3 aromatic rings. The molecule has 0 aliphatic carbocycles. The van der Waals surface area contributed by atoms with Crippen molar-refractivity contribution in [3.8, 4) is 0 Å². The van der Waals surface area contributed by atoms with Gasteiger partial charge in [0.1, 0.15) is 0 Å². The van der Waals surface area contributed by atoms with E-state index in [-0.39, 0.29) is 5.91 Å². The number of carbonyl (C=O) groups excluding carboxylic acids is 1. The first kappa shape index (κ1) is 19.9. The van der Waals surface area contributed by atoms with Gasteiger partial charge in [0.05, 0.1) is 6.54 Å². The van der Waals surface area contributed by atoms with Gasteiger partial charge in [-0.3, -0.25) is 4.79 Å². The third kappa shape index (κ3) is 4.72. The zero-order valence-electron chi connectivity index (χ0n) is 17.2. The minimum atomic E-state index is 0.121. The van der Waals surface area contributed by atoms with Gasteiger partial charge in [-0.25, -0.2) is 0 Å². The van der Waals surface area contributed by atoms with Crippen molar-refractivity contribution in [2.45, 2.75) is 46.7 Å². The monoisotopic (exact) mass is 374 g/mol. The summed E-state index contributed by atoms with van der Waals surface area (Å²) in [6.07, 6.45) is 4.19. The van der Waals surface area contributed by atoms with E-state index in [1.165, 1.54) is 16.8 Å². The van der Waals surface area contributed by atoms with Crippen molar-refractivity contribution >= 4 is 5.91 Å². The first-order valence-corrected chi connectivity index (χ1v) is 10.1. The standard InChI is InChI=1S/C25H30N2O/c1-4-5-16-27(25(28)24-15-9-7-12-21(24)3)19-23-14-10-17-26(23)18-22-13-8-6-11-20(22)2/h6-15,17H,4-5,16,18-19H2,1-3H3. The first-order chi connectivity index (χ1) is 13.6. The molecule has 146 valence electrons. The molecule has 0 fully saturated rings. The summed E-state index contributed by atoms with van der Waals surface area (Å²) >= 11 is 0. The Morgan fingerprint density at radius 3 is 2.36 bits per heavy atom. The SMILES string of the molecule is CCCCN(Cc1cccn1Cc1ccccc1C)C(=O)c1ccccc1C. The Morgan fingerprint density at radius 2 is 1.64 bits per heavy atom. The molecular formula is C25H30N2O. The van der Waals surface area contributed by atoms with Gasteiger partial charge in [0.15, 0.2) is 0 Å². The van der Waals surface area contributed by atoms with E-state index in [1.807, 2.05) is 36.1 Å². The molecule has 1 amide bonds. The number of aromatic nitrogens is 1. The van der Waals surface area contributed by atoms with Gasteiger partial charge in [-0.1, -0.05) is 55.8 Å². The van der Waals surface area contributed by atoms with Crippen LogP contribution in [-0.4, -0.2) is 21.9 Å². The molecule has 3 heteroatoms. The lowest BCUT2D eigenvalue weighted by Gasteiger charge is -2.24. The van der Waals surface area contributed by atoms with Crippen LogP contribution in [0.15, 0.2) is 66.9 Å². The van der Waals surface area contributed by atoms with Crippen molar-refractivity contribution in [3.63, 3.8) is 0 Å². The smallest absolute Gasteiger partial charge is 0.254 e. The number of aryl methyl sites for hydroxylation is 2. The summed E-state index contributed by atoms with van der Waals surface area (Å²) in [5.74, 6) is 0.121. The molecule has 0 saturated carbocycles. The Balaban J connectivity index is 1.82. The molecule has 0 aliphatic rings. The van der Waals surface area contributed by atoms with Crippen LogP contribution >= 0.6 is 0 Å². The van der Waals surface area contributed by atoms with Gasteiger partial charge in [0, 0.05) is 30.5 Å². The highest BCUT2D eigenvalue weighted by Crippen LogP contribution is 2.17. The number of nitrogens with zero attached hydrogens (tertiary/aromatic N) is 2. The Bertz CT molecular complexity index is 926. The molecule has 0 aliphatic heterocycles. The summed E-state index contributed by atoms with van der Waals surface area (Å²) in [5, 5.41) is 0. The Kier molecular flexibility index (Phi) is 6.70. The molecule has 3 nitrogen and oxygen atoms in total. The van der Waals surface area contributed by atoms with Crippen LogP contribution in [0.4, 0.5) is 0 Å². The summed E-state index contributed by atoms with van der Waals surface area (Å²) in [7, 11) is 0. The molecule has 2 aromatic carbocycles. The molecule has 0 radical (unpaired) electrons. The fourth-order valence-corrected chi connectivity index (χ4v) is 3.50. The molecule has 3 rings (SSSR count). The zero-order valence-corrected chi connectivity index (χ0v) is 17.2. The molecule has 0 unspecified atom stereocenters. The van der Waals surface area contributed by atoms with Crippen LogP contribution in [0.25, 0.3) is 0 Å². The van der Waals surface area contributed by atoms with Gasteiger partial charge < -0.3 is 9.47 Å². The van der Waals surface area contributed by atoms with Gasteiger partial charge in [-0.05, 0) is 55.2 Å². The number of amides is 1. The van der Waals surface area contributed by atoms with Crippen molar-refractivity contribution in [1.29, 1.82) is 0 Å². The van der Waals surface area contributed by atoms with E-state index < -0.39 is 0 Å². The summed E-state index contributed by atoms with van der Waals surface area (Å²) in [5.41, 5.74) is 5.60. The van der Waals surface area contributed by atoms with Crippen molar-refractivity contribution < 1.29 is 4.79 Å². The topological polar surface area (TPSA) is 25.2 Å². The van der Waals surface area contributed by atoms with E-state index in [9.17, 15) is 4.79 Å². The van der Waals surface area contributed by atoms with E-state index in [0.717, 1.165) is 37.1 Å². The minimum Gasteiger partial charge on any atom is -0.345 e. The van der Waals surface area contributed by atoms with Gasteiger partial charge in [0.2, 0.25) is 0 Å². The third-order valence-corrected chi connectivity index (χ3v) is 5.32. The average molecular weight is 375 g/mol. The van der Waals surface area contributed by atoms with Crippen molar-refractivity contribution in [1.82, 2.24) is 9.47 Å². The molecular weight excluding hydrogens is 344 g/mol. The van der Waals surface area contributed by atoms with Crippen LogP contribution in [0.3, 0.4) is 0 Å². The van der Waals surface area contributed by atoms with E-state index in [2.05, 4.69) is 61.0 Å². The predicted octanol–water partition coefficient (Wildman–Crippen LogP) is 5.60. The number of carbonyl (C=O) groups is 1. The van der Waals surface area contributed by atoms with Crippen LogP contribution in [0.2, 0.25) is 0 Å². The van der Waals surface area contributed by atoms with Crippen molar-refractivity contribution in [2.75, 3.05) is 6.54 Å². The summed E-state index contributed by atoms with van der Waals surface area (Å²) in [6.45, 7) is 8.55. The Hall–Kier alpha value is -2.81. The van der Waals surface area contributed by atoms with E-state index in [4.69, 9.17) is 0 Å². The van der Waals surface area contributed by atoms with Gasteiger partial charge in [0.25, 0.3) is 5.91 Å². The van der Waals surface area contributed by atoms with Crippen LogP contribution in [0.1, 0.15) is 52.5 Å². The molecule has 1 aromatic heterocycles. The lowest BCUT2D eigenvalue weighted by Crippen LogP contribution is -2.32. The van der Waals surface area contributed by atoms with Crippen LogP contribution in [0.5, 0.6) is 0 Å². The molecule has 0 bridgehead atoms. The average Bonchev–Trinajstić information content (AvgIpc) is 3.13. The van der Waals surface area contributed by atoms with Gasteiger partial charge in [-0.2, -0.15) is 0 Å². The summed E-state index contributed by atoms with van der Waals surface area (Å²) < 4.78 is 2.26. The normalized spacial score (nSPS) is 10.8. The predicted molar refractivity (Wildman–Crippen MR) is 116 cm³/mol. The molecule has 0 saturated heterocycles. The largest absolute Gasteiger partial charge is 0.345 e. The van der Waals surface area contributed by atoms with E-state index in [1.54, 1.807) is 0 Å². The zero-order chi connectivity index (χ0) is 19.9. The molecule has 0 spiro atoms. The van der Waals surface area contributed by atoms with Gasteiger partial charge in [-0.15, -0.1) is 0 Å². The lowest BCUT2D eigenvalue weighted by molar-refractivity contribution is 0.0736. The molecule has 1 heterocycles. The second-order valence-electron chi connectivity index (χ2n) is 7.45. The fourth-order valence-electron chi connectivity index (χ4n) is 3.50. The second kappa shape index (κ2) is 9.41.